The molecule has 0 aromatic heterocycles. The van der Waals surface area contributed by atoms with Gasteiger partial charge in [0.05, 0.1) is 32.5 Å². The monoisotopic (exact) mass is 738 g/mol. The first-order valence-electron chi connectivity index (χ1n) is 16.1. The largest absolute Gasteiger partial charge is 0.479 e. The Hall–Kier alpha value is -4.08. The maximum atomic E-state index is 13.2. The zero-order valence-corrected chi connectivity index (χ0v) is 28.3. The average Bonchev–Trinajstić information content (AvgIpc) is 3.15. The molecule has 13 atom stereocenters. The molecule has 2 aromatic rings. The van der Waals surface area contributed by atoms with Gasteiger partial charge in [-0.05, 0) is 24.6 Å². The van der Waals surface area contributed by atoms with Gasteiger partial charge in [0.15, 0.2) is 37.0 Å². The molecule has 2 aliphatic heterocycles. The summed E-state index contributed by atoms with van der Waals surface area (Å²) in [6.45, 7) is 0.414. The normalized spacial score (nSPS) is 30.7. The van der Waals surface area contributed by atoms with Crippen molar-refractivity contribution in [3.63, 3.8) is 0 Å². The Labute approximate surface area is 297 Å². The van der Waals surface area contributed by atoms with Crippen molar-refractivity contribution in [1.29, 1.82) is 0 Å². The molecule has 2 saturated heterocycles. The van der Waals surface area contributed by atoms with Crippen molar-refractivity contribution in [1.82, 2.24) is 0 Å². The zero-order chi connectivity index (χ0) is 38.1. The fraction of sp³-hybridized carbons (Fsp3) is 0.529. The number of aliphatic carboxylic acids is 1. The minimum atomic E-state index is -2.20. The molecule has 2 aromatic carbocycles. The molecule has 4 rings (SSSR count). The highest BCUT2D eigenvalue weighted by Crippen LogP contribution is 2.32. The molecule has 18 nitrogen and oxygen atoms in total. The summed E-state index contributed by atoms with van der Waals surface area (Å²) in [4.78, 5) is 51.7. The predicted octanol–water partition coefficient (Wildman–Crippen LogP) is -1.68. The average molecular weight is 739 g/mol. The number of esters is 3. The Morgan fingerprint density at radius 2 is 1.25 bits per heavy atom. The summed E-state index contributed by atoms with van der Waals surface area (Å²) >= 11 is 0. The van der Waals surface area contributed by atoms with Crippen LogP contribution in [0.4, 0.5) is 0 Å². The molecule has 0 aliphatic carbocycles. The Balaban J connectivity index is 1.69. The number of aliphatic hydroxyl groups is 5. The number of hydrogen-bond donors (Lipinski definition) is 6. The van der Waals surface area contributed by atoms with Gasteiger partial charge in [-0.25, -0.2) is 19.2 Å². The molecule has 0 saturated carbocycles. The third-order valence-corrected chi connectivity index (χ3v) is 8.42. The third-order valence-electron chi connectivity index (χ3n) is 8.42. The van der Waals surface area contributed by atoms with Crippen molar-refractivity contribution in [2.75, 3.05) is 20.8 Å². The van der Waals surface area contributed by atoms with E-state index in [-0.39, 0.29) is 12.0 Å². The molecule has 52 heavy (non-hydrogen) atoms. The second-order valence-electron chi connectivity index (χ2n) is 11.9. The number of ether oxygens (including phenoxy) is 8. The number of hydrogen-bond acceptors (Lipinski definition) is 17. The second kappa shape index (κ2) is 18.6. The number of methoxy groups -OCH3 is 2. The van der Waals surface area contributed by atoms with Crippen LogP contribution in [0.25, 0.3) is 0 Å². The maximum absolute atomic E-state index is 13.2. The van der Waals surface area contributed by atoms with Crippen LogP contribution in [0.5, 0.6) is 0 Å². The first kappa shape index (κ1) is 40.7. The number of rotatable bonds is 15. The van der Waals surface area contributed by atoms with Crippen molar-refractivity contribution in [3.05, 3.63) is 71.8 Å². The van der Waals surface area contributed by atoms with Crippen LogP contribution in [-0.4, -0.2) is 155 Å². The number of carbonyl (C=O) groups excluding carboxylic acids is 3. The molecule has 0 radical (unpaired) electrons. The van der Waals surface area contributed by atoms with Crippen LogP contribution in [0.15, 0.2) is 60.7 Å². The van der Waals surface area contributed by atoms with E-state index in [4.69, 9.17) is 37.9 Å². The van der Waals surface area contributed by atoms with Crippen molar-refractivity contribution in [3.8, 4) is 0 Å². The summed E-state index contributed by atoms with van der Waals surface area (Å²) in [6.07, 6.45) is -23.7. The highest BCUT2D eigenvalue weighted by Gasteiger charge is 2.53. The van der Waals surface area contributed by atoms with Gasteiger partial charge in [-0.15, -0.1) is 0 Å². The van der Waals surface area contributed by atoms with Crippen molar-refractivity contribution in [2.45, 2.75) is 93.1 Å². The lowest BCUT2D eigenvalue weighted by Gasteiger charge is -2.45. The van der Waals surface area contributed by atoms with Gasteiger partial charge in [-0.2, -0.15) is 0 Å². The number of carboxylic acid groups (broad SMARTS) is 1. The van der Waals surface area contributed by atoms with Crippen LogP contribution in [-0.2, 0) is 58.7 Å². The van der Waals surface area contributed by atoms with Gasteiger partial charge in [-0.3, -0.25) is 0 Å². The van der Waals surface area contributed by atoms with Gasteiger partial charge in [0.25, 0.3) is 0 Å². The van der Waals surface area contributed by atoms with E-state index in [2.05, 4.69) is 0 Å². The summed E-state index contributed by atoms with van der Waals surface area (Å²) in [5, 5.41) is 63.0. The van der Waals surface area contributed by atoms with Gasteiger partial charge in [0.1, 0.15) is 36.6 Å². The third kappa shape index (κ3) is 9.66. The van der Waals surface area contributed by atoms with E-state index in [1.54, 1.807) is 48.5 Å². The molecule has 0 amide bonds. The molecule has 0 bridgehead atoms. The highest BCUT2D eigenvalue weighted by molar-refractivity contribution is 5.89. The maximum Gasteiger partial charge on any atom is 0.338 e. The van der Waals surface area contributed by atoms with E-state index < -0.39 is 110 Å². The van der Waals surface area contributed by atoms with Gasteiger partial charge >= 0.3 is 23.9 Å². The Morgan fingerprint density at radius 3 is 1.77 bits per heavy atom. The van der Waals surface area contributed by atoms with Gasteiger partial charge in [-0.1, -0.05) is 48.5 Å². The number of benzene rings is 2. The number of aliphatic hydroxyl groups excluding tert-OH is 5. The molecule has 2 heterocycles. The predicted molar refractivity (Wildman–Crippen MR) is 170 cm³/mol. The van der Waals surface area contributed by atoms with Crippen LogP contribution in [0.2, 0.25) is 0 Å². The van der Waals surface area contributed by atoms with Crippen LogP contribution in [0, 0.1) is 0 Å². The Morgan fingerprint density at radius 1 is 0.712 bits per heavy atom. The minimum absolute atomic E-state index is 0.0628. The summed E-state index contributed by atoms with van der Waals surface area (Å²) in [5.41, 5.74) is 0.594. The summed E-state index contributed by atoms with van der Waals surface area (Å²) in [6, 6.07) is 15.9. The summed E-state index contributed by atoms with van der Waals surface area (Å²) < 4.78 is 43.5. The summed E-state index contributed by atoms with van der Waals surface area (Å²) in [5.74, 6) is -5.01. The van der Waals surface area contributed by atoms with E-state index in [1.807, 2.05) is 0 Å². The quantitative estimate of drug-likeness (QED) is 0.0880. The fourth-order valence-electron chi connectivity index (χ4n) is 5.58. The number of carbonyl (C=O) groups is 4. The first-order chi connectivity index (χ1) is 24.8. The molecular weight excluding hydrogens is 696 g/mol. The molecule has 0 spiro atoms. The topological polar surface area (TPSA) is 263 Å². The van der Waals surface area contributed by atoms with Crippen molar-refractivity contribution < 1.29 is 87.7 Å². The summed E-state index contributed by atoms with van der Waals surface area (Å²) in [7, 11) is 1.84. The minimum Gasteiger partial charge on any atom is -0.479 e. The molecule has 2 aliphatic rings. The molecule has 2 fully saturated rings. The van der Waals surface area contributed by atoms with Crippen LogP contribution in [0.3, 0.4) is 0 Å². The Kier molecular flexibility index (Phi) is 14.6. The Bertz CT molecular complexity index is 1480. The highest BCUT2D eigenvalue weighted by atomic mass is 16.8. The molecular formula is C34H42O18. The lowest BCUT2D eigenvalue weighted by molar-refractivity contribution is -0.337. The standard InChI is InChI=1S/C34H42O18/c1-16-21(36)22(37)23(38)33(47-16)51-27(31(43)45-2)28(32(44)46-3)52-34-24(39)26(48-19(29(40)41)14-17-10-6-4-7-11-17)25(20(15-35)49-34)50-30(42)18-12-8-5-9-13-18/h4-13,16,19-28,33-39H,14-15H2,1-3H3,(H,40,41)/t16-,19+,20-,21+,22+,23-,24-,25+,26-,27-,28-,33-,34+/m1/s1. The van der Waals surface area contributed by atoms with Crippen LogP contribution < -0.4 is 0 Å². The van der Waals surface area contributed by atoms with Gasteiger partial charge in [0, 0.05) is 6.42 Å². The van der Waals surface area contributed by atoms with Crippen LogP contribution >= 0.6 is 0 Å². The van der Waals surface area contributed by atoms with Crippen LogP contribution in [0.1, 0.15) is 22.8 Å². The van der Waals surface area contributed by atoms with Gasteiger partial charge < -0.3 is 68.5 Å². The van der Waals surface area contributed by atoms with E-state index in [1.165, 1.54) is 19.1 Å². The van der Waals surface area contributed by atoms with E-state index in [0.717, 1.165) is 14.2 Å². The van der Waals surface area contributed by atoms with Crippen molar-refractivity contribution in [2.24, 2.45) is 0 Å². The molecule has 6 N–H and O–H groups in total. The lowest BCUT2D eigenvalue weighted by atomic mass is 9.97. The first-order valence-corrected chi connectivity index (χ1v) is 16.1. The van der Waals surface area contributed by atoms with Crippen molar-refractivity contribution >= 4 is 23.9 Å². The SMILES string of the molecule is COC(=O)[C@H](O[C@H]1O[C@H](C)[C@H](O)[C@H](O)[C@H]1O)[C@@H](O[C@@H]1O[C@H](CO)[C@H](OC(=O)c2ccccc2)[C@H](O[C@@H](Cc2ccccc2)C(=O)O)[C@H]1O)C(=O)OC. The number of carboxylic acids is 1. The zero-order valence-electron chi connectivity index (χ0n) is 28.3. The van der Waals surface area contributed by atoms with E-state index >= 15 is 0 Å². The molecule has 286 valence electrons. The smallest absolute Gasteiger partial charge is 0.338 e. The molecule has 18 heteroatoms. The van der Waals surface area contributed by atoms with E-state index in [9.17, 15) is 49.8 Å². The van der Waals surface area contributed by atoms with E-state index in [0.29, 0.717) is 5.56 Å². The second-order valence-corrected chi connectivity index (χ2v) is 11.9. The molecule has 0 unspecified atom stereocenters. The lowest BCUT2D eigenvalue weighted by Crippen LogP contribution is -2.64. The van der Waals surface area contributed by atoms with Gasteiger partial charge in [0.2, 0.25) is 0 Å². The fourth-order valence-corrected chi connectivity index (χ4v) is 5.58.